The highest BCUT2D eigenvalue weighted by molar-refractivity contribution is 7.57. The van der Waals surface area contributed by atoms with Crippen LogP contribution in [0, 0.1) is 0 Å². The molecule has 3 aromatic carbocycles. The third-order valence-corrected chi connectivity index (χ3v) is 19.1. The van der Waals surface area contributed by atoms with E-state index in [0.717, 1.165) is 49.9 Å². The van der Waals surface area contributed by atoms with Gasteiger partial charge in [-0.1, -0.05) is 54.6 Å². The zero-order valence-electron chi connectivity index (χ0n) is 39.7. The number of nitrogens with zero attached hydrogens (tertiary/aromatic N) is 3. The van der Waals surface area contributed by atoms with Crippen LogP contribution in [0.1, 0.15) is 123 Å². The minimum atomic E-state index is -4.72. The topological polar surface area (TPSA) is 147 Å². The lowest BCUT2D eigenvalue weighted by Gasteiger charge is -2.47. The van der Waals surface area contributed by atoms with Gasteiger partial charge < -0.3 is 29.3 Å². The predicted molar refractivity (Wildman–Crippen MR) is 258 cm³/mol. The molecule has 8 atom stereocenters. The van der Waals surface area contributed by atoms with E-state index in [-0.39, 0.29) is 83.0 Å². The molecule has 0 radical (unpaired) electrons. The van der Waals surface area contributed by atoms with Gasteiger partial charge in [0, 0.05) is 40.8 Å². The number of halogens is 4. The van der Waals surface area contributed by atoms with Gasteiger partial charge in [0.25, 0.3) is 5.91 Å². The molecule has 0 bridgehead atoms. The molecule has 3 saturated heterocycles. The molecule has 19 heteroatoms. The minimum Gasteiger partial charge on any atom is -0.461 e. The molecule has 1 aromatic heterocycles. The number of ether oxygens (including phenoxy) is 2. The molecule has 380 valence electrons. The van der Waals surface area contributed by atoms with Crippen molar-refractivity contribution in [2.24, 2.45) is 0 Å². The summed E-state index contributed by atoms with van der Waals surface area (Å²) >= 11 is 1.14. The van der Waals surface area contributed by atoms with Gasteiger partial charge in [-0.25, -0.2) is 9.48 Å². The number of hydrogen-bond acceptors (Lipinski definition) is 10. The maximum Gasteiger partial charge on any atom is 0.522 e. The first-order valence-electron chi connectivity index (χ1n) is 24.9. The van der Waals surface area contributed by atoms with Gasteiger partial charge in [-0.2, -0.15) is 0 Å². The van der Waals surface area contributed by atoms with Crippen molar-refractivity contribution in [2.45, 2.75) is 163 Å². The quantitative estimate of drug-likeness (QED) is 0.0671. The van der Waals surface area contributed by atoms with Crippen LogP contribution >= 0.6 is 18.9 Å². The highest BCUT2D eigenvalue weighted by Gasteiger charge is 2.59. The number of carbonyl (C=O) groups is 4. The summed E-state index contributed by atoms with van der Waals surface area (Å²) in [6.07, 6.45) is 1.80. The second kappa shape index (κ2) is 19.9. The lowest BCUT2D eigenvalue weighted by atomic mass is 9.85. The molecule has 2 N–H and O–H groups in total. The fourth-order valence-corrected chi connectivity index (χ4v) is 14.3. The molecule has 3 saturated carbocycles. The maximum absolute atomic E-state index is 16.8. The molecule has 4 heterocycles. The van der Waals surface area contributed by atoms with E-state index in [4.69, 9.17) is 9.26 Å². The van der Waals surface area contributed by atoms with Gasteiger partial charge in [0.1, 0.15) is 30.0 Å². The van der Waals surface area contributed by atoms with Crippen LogP contribution in [0.4, 0.5) is 17.6 Å². The van der Waals surface area contributed by atoms with E-state index in [1.165, 1.54) is 36.8 Å². The molecule has 4 aromatic rings. The summed E-state index contributed by atoms with van der Waals surface area (Å²) in [5, 5.41) is 6.11. The third-order valence-electron chi connectivity index (χ3n) is 15.9. The fourth-order valence-electron chi connectivity index (χ4n) is 11.5. The van der Waals surface area contributed by atoms with Crippen LogP contribution in [0.2, 0.25) is 0 Å². The molecule has 71 heavy (non-hydrogen) atoms. The highest BCUT2D eigenvalue weighted by atomic mass is 32.1. The number of nitrogens with one attached hydrogen (secondary N) is 2. The van der Waals surface area contributed by atoms with Crippen molar-refractivity contribution >= 4 is 52.6 Å². The number of para-hydroxylation sites is 1. The van der Waals surface area contributed by atoms with Crippen LogP contribution in [0.5, 0.6) is 5.75 Å². The van der Waals surface area contributed by atoms with Crippen LogP contribution < -0.4 is 14.9 Å². The van der Waals surface area contributed by atoms with Crippen molar-refractivity contribution in [1.29, 1.82) is 0 Å². The number of likely N-dealkylation sites (tertiary alicyclic amines) is 1. The Kier molecular flexibility index (Phi) is 13.9. The normalized spacial score (nSPS) is 28.0. The van der Waals surface area contributed by atoms with Gasteiger partial charge >= 0.3 is 19.9 Å². The lowest BCUT2D eigenvalue weighted by Crippen LogP contribution is -2.60. The van der Waals surface area contributed by atoms with E-state index in [1.54, 1.807) is 35.2 Å². The van der Waals surface area contributed by atoms with E-state index >= 15 is 4.39 Å². The standard InChI is InChI=1S/C52H60F4N5O8PS/c1-31(50(65)67-39-14-9-15-39)58-70(66,69-40-12-7-4-8-13-40)46(53)33-16-21-44-34(24-33)25-45(71-44)47(62)57-42-19-17-36(59(2)38-27-41(28-38)68-52(54,55)56)26-37-18-20-43(61(37)48(42)63)49(64)60-30-35(29-51(60)22-23-51)32-10-5-3-6-11-32/h3-8,10-13,16,21,24-25,31,35-39,41-43,46H,9,14-15,17-20,22-23,26-30H2,1-2H3,(H,57,62)(H,58,66)/t31-,35+,36-,37+,38?,41?,42-,43-,46+,70-/m0/s1. The summed E-state index contributed by atoms with van der Waals surface area (Å²) in [6, 6.07) is 20.8. The first-order valence-corrected chi connectivity index (χ1v) is 27.4. The molecule has 0 unspecified atom stereocenters. The number of benzene rings is 3. The van der Waals surface area contributed by atoms with Gasteiger partial charge in [0.2, 0.25) is 17.7 Å². The number of esters is 1. The summed E-state index contributed by atoms with van der Waals surface area (Å²) in [6.45, 7) is 2.00. The summed E-state index contributed by atoms with van der Waals surface area (Å²) in [5.74, 6) is -3.58. The highest BCUT2D eigenvalue weighted by Crippen LogP contribution is 2.58. The Morgan fingerprint density at radius 2 is 1.61 bits per heavy atom. The molecule has 6 aliphatic rings. The van der Waals surface area contributed by atoms with Crippen LogP contribution in [-0.4, -0.2) is 112 Å². The SMILES string of the molecule is C[C@H](N[P@@](=O)(Oc1ccccc1)[C@@H](F)c1ccc2sc(C(=O)N[C@H]3CC[C@H](N(C)C4CC(OC(F)(F)F)C4)C[C@H]4CC[C@@H](C(=O)N5C[C@H](c6ccccc6)CC56CC6)N4C3=O)cc2c1)C(=O)OC1CCC1. The van der Waals surface area contributed by atoms with E-state index in [9.17, 15) is 36.9 Å². The Morgan fingerprint density at radius 1 is 0.887 bits per heavy atom. The summed E-state index contributed by atoms with van der Waals surface area (Å²) in [5.41, 5.74) is 0.917. The predicted octanol–water partition coefficient (Wildman–Crippen LogP) is 9.77. The molecule has 6 fully saturated rings. The van der Waals surface area contributed by atoms with Crippen LogP contribution in [0.15, 0.2) is 84.9 Å². The number of alkyl halides is 4. The van der Waals surface area contributed by atoms with Gasteiger partial charge in [0.05, 0.1) is 11.0 Å². The Hall–Kier alpha value is -4.87. The zero-order valence-corrected chi connectivity index (χ0v) is 41.4. The smallest absolute Gasteiger partial charge is 0.461 e. The number of fused-ring (bicyclic) bond motifs is 2. The van der Waals surface area contributed by atoms with Crippen molar-refractivity contribution in [3.8, 4) is 5.75 Å². The molecule has 10 rings (SSSR count). The molecule has 3 amide bonds. The van der Waals surface area contributed by atoms with Gasteiger partial charge in [-0.3, -0.25) is 28.5 Å². The van der Waals surface area contributed by atoms with Gasteiger partial charge in [0.15, 0.2) is 0 Å². The average molecular weight is 1020 g/mol. The molecule has 3 aliphatic heterocycles. The van der Waals surface area contributed by atoms with E-state index in [1.807, 2.05) is 30.1 Å². The Bertz CT molecular complexity index is 2670. The molecule has 1 spiro atoms. The monoisotopic (exact) mass is 1020 g/mol. The summed E-state index contributed by atoms with van der Waals surface area (Å²) in [7, 11) is -2.63. The van der Waals surface area contributed by atoms with Crippen molar-refractivity contribution < 1.29 is 55.3 Å². The summed E-state index contributed by atoms with van der Waals surface area (Å²) in [4.78, 5) is 63.2. The van der Waals surface area contributed by atoms with E-state index < -0.39 is 55.9 Å². The number of amides is 3. The first-order chi connectivity index (χ1) is 34.0. The Morgan fingerprint density at radius 3 is 2.28 bits per heavy atom. The molecular formula is C52H60F4N5O8PS. The first kappa shape index (κ1) is 49.7. The van der Waals surface area contributed by atoms with Crippen LogP contribution in [-0.2, 0) is 28.4 Å². The minimum absolute atomic E-state index is 0.0152. The fraction of sp³-hybridized carbons (Fsp3) is 0.538. The number of carbonyl (C=O) groups excluding carboxylic acids is 4. The maximum atomic E-state index is 16.8. The number of hydrogen-bond donors (Lipinski definition) is 2. The summed E-state index contributed by atoms with van der Waals surface area (Å²) < 4.78 is 86.9. The van der Waals surface area contributed by atoms with Crippen LogP contribution in [0.3, 0.4) is 0 Å². The van der Waals surface area contributed by atoms with Crippen molar-refractivity contribution in [1.82, 2.24) is 25.1 Å². The second-order valence-corrected chi connectivity index (χ2v) is 23.7. The second-order valence-electron chi connectivity index (χ2n) is 20.5. The van der Waals surface area contributed by atoms with Crippen molar-refractivity contribution in [3.63, 3.8) is 0 Å². The molecule has 3 aliphatic carbocycles. The van der Waals surface area contributed by atoms with Gasteiger partial charge in [-0.15, -0.1) is 24.5 Å². The average Bonchev–Trinajstić information content (AvgIpc) is 3.59. The van der Waals surface area contributed by atoms with E-state index in [0.29, 0.717) is 42.3 Å². The number of thiophene rings is 1. The number of rotatable bonds is 15. The lowest BCUT2D eigenvalue weighted by molar-refractivity contribution is -0.354. The van der Waals surface area contributed by atoms with Gasteiger partial charge in [-0.05, 0) is 144 Å². The Balaban J connectivity index is 0.883. The Labute approximate surface area is 414 Å². The molecule has 13 nitrogen and oxygen atoms in total. The van der Waals surface area contributed by atoms with Crippen molar-refractivity contribution in [3.05, 3.63) is 101 Å². The van der Waals surface area contributed by atoms with Crippen LogP contribution in [0.25, 0.3) is 10.1 Å². The zero-order chi connectivity index (χ0) is 49.8. The largest absolute Gasteiger partial charge is 0.522 e. The van der Waals surface area contributed by atoms with Crippen molar-refractivity contribution in [2.75, 3.05) is 13.6 Å². The third kappa shape index (κ3) is 10.5. The van der Waals surface area contributed by atoms with E-state index in [2.05, 4.69) is 32.2 Å². The molecular weight excluding hydrogens is 962 g/mol.